The van der Waals surface area contributed by atoms with Crippen LogP contribution in [0.15, 0.2) is 36.4 Å². The molecule has 1 aliphatic heterocycles. The number of nitrogens with zero attached hydrogens (tertiary/aromatic N) is 4. The van der Waals surface area contributed by atoms with Gasteiger partial charge in [0.25, 0.3) is 5.91 Å². The van der Waals surface area contributed by atoms with Crippen molar-refractivity contribution in [3.8, 4) is 11.4 Å². The maximum atomic E-state index is 13.7. The van der Waals surface area contributed by atoms with Crippen LogP contribution in [0.25, 0.3) is 11.4 Å². The van der Waals surface area contributed by atoms with E-state index in [0.717, 1.165) is 6.29 Å². The van der Waals surface area contributed by atoms with Gasteiger partial charge >= 0.3 is 12.1 Å². The van der Waals surface area contributed by atoms with Gasteiger partial charge in [-0.1, -0.05) is 37.3 Å². The predicted molar refractivity (Wildman–Crippen MR) is 158 cm³/mol. The Labute approximate surface area is 252 Å². The van der Waals surface area contributed by atoms with Crippen LogP contribution in [0.2, 0.25) is 0 Å². The number of aldehydes is 1. The molecule has 3 rings (SSSR count). The fraction of sp³-hybridized carbons (Fsp3) is 0.516. The molecule has 3 amide bonds. The zero-order valence-electron chi connectivity index (χ0n) is 25.5. The van der Waals surface area contributed by atoms with E-state index in [0.29, 0.717) is 23.5 Å². The van der Waals surface area contributed by atoms with E-state index in [1.165, 1.54) is 11.0 Å². The number of carbonyl (C=O) groups excluding carboxylic acids is 5. The quantitative estimate of drug-likeness (QED) is 0.306. The van der Waals surface area contributed by atoms with Crippen LogP contribution < -0.4 is 5.32 Å². The number of nitrogens with one attached hydrogen (secondary N) is 1. The third-order valence-corrected chi connectivity index (χ3v) is 6.59. The molecule has 0 spiro atoms. The Bertz CT molecular complexity index is 1290. The molecule has 0 aliphatic carbocycles. The molecule has 43 heavy (non-hydrogen) atoms. The zero-order chi connectivity index (χ0) is 31.6. The lowest BCUT2D eigenvalue weighted by atomic mass is 10.1. The van der Waals surface area contributed by atoms with Crippen molar-refractivity contribution in [3.63, 3.8) is 0 Å². The number of ether oxygens (including phenoxy) is 2. The van der Waals surface area contributed by atoms with E-state index in [4.69, 9.17) is 9.47 Å². The number of amides is 3. The molecule has 1 N–H and O–H groups in total. The molecule has 0 radical (unpaired) electrons. The molecule has 2 atom stereocenters. The number of carbonyl (C=O) groups is 5. The van der Waals surface area contributed by atoms with Gasteiger partial charge in [0.2, 0.25) is 5.91 Å². The smallest absolute Gasteiger partial charge is 0.409 e. The summed E-state index contributed by atoms with van der Waals surface area (Å²) < 4.78 is 10.5. The molecule has 0 saturated carbocycles. The number of benzene rings is 1. The number of aromatic nitrogens is 2. The molecule has 2 aromatic rings. The minimum absolute atomic E-state index is 0.00321. The van der Waals surface area contributed by atoms with E-state index in [9.17, 15) is 24.0 Å². The molecule has 2 heterocycles. The van der Waals surface area contributed by atoms with Crippen LogP contribution in [0.1, 0.15) is 63.6 Å². The monoisotopic (exact) mass is 595 g/mol. The fourth-order valence-electron chi connectivity index (χ4n) is 4.50. The van der Waals surface area contributed by atoms with Gasteiger partial charge in [-0.05, 0) is 46.6 Å². The average Bonchev–Trinajstić information content (AvgIpc) is 2.98. The van der Waals surface area contributed by atoms with Crippen LogP contribution >= 0.6 is 0 Å². The second-order valence-electron chi connectivity index (χ2n) is 11.4. The van der Waals surface area contributed by atoms with Crippen molar-refractivity contribution in [2.75, 3.05) is 32.8 Å². The Morgan fingerprint density at radius 3 is 2.28 bits per heavy atom. The average molecular weight is 596 g/mol. The van der Waals surface area contributed by atoms with Gasteiger partial charge in [0.1, 0.15) is 23.6 Å². The highest BCUT2D eigenvalue weighted by Crippen LogP contribution is 2.18. The molecule has 0 bridgehead atoms. The van der Waals surface area contributed by atoms with Crippen LogP contribution in [0, 0.1) is 5.92 Å². The highest BCUT2D eigenvalue weighted by Gasteiger charge is 2.32. The minimum Gasteiger partial charge on any atom is -0.460 e. The molecule has 12 heteroatoms. The van der Waals surface area contributed by atoms with Crippen molar-refractivity contribution in [2.45, 2.75) is 65.5 Å². The Balaban J connectivity index is 1.84. The number of hydrogen-bond donors (Lipinski definition) is 1. The molecule has 232 valence electrons. The molecular weight excluding hydrogens is 554 g/mol. The van der Waals surface area contributed by atoms with Crippen LogP contribution in [-0.2, 0) is 30.3 Å². The number of hydrogen-bond acceptors (Lipinski definition) is 9. The van der Waals surface area contributed by atoms with Crippen LogP contribution in [0.3, 0.4) is 0 Å². The zero-order valence-corrected chi connectivity index (χ0v) is 25.5. The van der Waals surface area contributed by atoms with E-state index in [-0.39, 0.29) is 63.1 Å². The highest BCUT2D eigenvalue weighted by atomic mass is 16.6. The van der Waals surface area contributed by atoms with E-state index in [2.05, 4.69) is 15.3 Å². The maximum Gasteiger partial charge on any atom is 0.409 e. The molecule has 1 aromatic carbocycles. The lowest BCUT2D eigenvalue weighted by Crippen LogP contribution is -2.56. The number of piperazine rings is 1. The van der Waals surface area contributed by atoms with E-state index < -0.39 is 29.6 Å². The summed E-state index contributed by atoms with van der Waals surface area (Å²) in [4.78, 5) is 75.3. The molecule has 12 nitrogen and oxygen atoms in total. The van der Waals surface area contributed by atoms with Gasteiger partial charge in [-0.2, -0.15) is 0 Å². The topological polar surface area (TPSA) is 148 Å². The third kappa shape index (κ3) is 10.2. The van der Waals surface area contributed by atoms with Gasteiger partial charge in [-0.25, -0.2) is 14.8 Å². The molecule has 1 unspecified atom stereocenters. The number of esters is 1. The summed E-state index contributed by atoms with van der Waals surface area (Å²) in [6.07, 6.45) is 0.581. The number of rotatable bonds is 11. The summed E-state index contributed by atoms with van der Waals surface area (Å²) >= 11 is 0. The summed E-state index contributed by atoms with van der Waals surface area (Å²) in [5.41, 5.74) is 0.524. The van der Waals surface area contributed by atoms with E-state index >= 15 is 0 Å². The van der Waals surface area contributed by atoms with Gasteiger partial charge in [0.05, 0.1) is 6.61 Å². The molecule has 1 aromatic heterocycles. The Kier molecular flexibility index (Phi) is 11.7. The van der Waals surface area contributed by atoms with E-state index in [1.807, 2.05) is 30.3 Å². The Morgan fingerprint density at radius 2 is 1.67 bits per heavy atom. The Morgan fingerprint density at radius 1 is 1.02 bits per heavy atom. The third-order valence-electron chi connectivity index (χ3n) is 6.59. The SMILES string of the molecule is CCOC(=O)N1CCN(C(=O)[C@H](CCC(=O)OC(C)(C)C)NC(=O)c2cc(CC(C)C=O)nc(-c3ccccc3)n2)CC1. The van der Waals surface area contributed by atoms with Crippen LogP contribution in [0.4, 0.5) is 4.79 Å². The first-order valence-corrected chi connectivity index (χ1v) is 14.5. The largest absolute Gasteiger partial charge is 0.460 e. The van der Waals surface area contributed by atoms with Gasteiger partial charge in [-0.3, -0.25) is 14.4 Å². The summed E-state index contributed by atoms with van der Waals surface area (Å²) in [5, 5.41) is 2.77. The van der Waals surface area contributed by atoms with Crippen molar-refractivity contribution in [1.82, 2.24) is 25.1 Å². The fourth-order valence-corrected chi connectivity index (χ4v) is 4.50. The van der Waals surface area contributed by atoms with Gasteiger partial charge in [-0.15, -0.1) is 0 Å². The summed E-state index contributed by atoms with van der Waals surface area (Å²) in [6.45, 7) is 10.0. The molecule has 1 aliphatic rings. The van der Waals surface area contributed by atoms with Gasteiger partial charge in [0.15, 0.2) is 5.82 Å². The first-order chi connectivity index (χ1) is 20.4. The standard InChI is InChI=1S/C31H41N5O7/c1-6-42-30(41)36-16-14-35(15-17-36)29(40)24(12-13-26(38)43-31(3,4)5)34-28(39)25-19-23(18-21(2)20-37)32-27(33-25)22-10-8-7-9-11-22/h7-11,19-21,24H,6,12-18H2,1-5H3,(H,34,39)/t21?,24-/m0/s1. The van der Waals surface area contributed by atoms with Crippen LogP contribution in [0.5, 0.6) is 0 Å². The van der Waals surface area contributed by atoms with Crippen molar-refractivity contribution < 1.29 is 33.4 Å². The van der Waals surface area contributed by atoms with Crippen molar-refractivity contribution >= 4 is 30.2 Å². The van der Waals surface area contributed by atoms with Crippen LogP contribution in [-0.4, -0.2) is 94.4 Å². The van der Waals surface area contributed by atoms with Crippen molar-refractivity contribution in [2.24, 2.45) is 5.92 Å². The second kappa shape index (κ2) is 15.2. The minimum atomic E-state index is -1.05. The highest BCUT2D eigenvalue weighted by molar-refractivity contribution is 5.96. The molecule has 1 saturated heterocycles. The normalized spacial score (nSPS) is 14.8. The summed E-state index contributed by atoms with van der Waals surface area (Å²) in [7, 11) is 0. The second-order valence-corrected chi connectivity index (χ2v) is 11.4. The maximum absolute atomic E-state index is 13.7. The van der Waals surface area contributed by atoms with E-state index in [1.54, 1.807) is 39.5 Å². The lowest BCUT2D eigenvalue weighted by molar-refractivity contribution is -0.155. The first-order valence-electron chi connectivity index (χ1n) is 14.5. The van der Waals surface area contributed by atoms with Crippen molar-refractivity contribution in [3.05, 3.63) is 47.8 Å². The molecule has 1 fully saturated rings. The Hall–Kier alpha value is -4.35. The van der Waals surface area contributed by atoms with Gasteiger partial charge < -0.3 is 29.4 Å². The summed E-state index contributed by atoms with van der Waals surface area (Å²) in [5.74, 6) is -1.51. The van der Waals surface area contributed by atoms with Gasteiger partial charge in [0, 0.05) is 49.8 Å². The van der Waals surface area contributed by atoms with Crippen molar-refractivity contribution in [1.29, 1.82) is 0 Å². The lowest BCUT2D eigenvalue weighted by Gasteiger charge is -2.36. The predicted octanol–water partition coefficient (Wildman–Crippen LogP) is 3.04. The summed E-state index contributed by atoms with van der Waals surface area (Å²) in [6, 6.07) is 9.58. The first kappa shape index (κ1) is 33.2. The molecular formula is C31H41N5O7.